The van der Waals surface area contributed by atoms with E-state index in [-0.39, 0.29) is 30.8 Å². The van der Waals surface area contributed by atoms with E-state index in [2.05, 4.69) is 13.2 Å². The summed E-state index contributed by atoms with van der Waals surface area (Å²) in [7, 11) is 3.48. The van der Waals surface area contributed by atoms with Gasteiger partial charge in [-0.25, -0.2) is 0 Å². The molecule has 0 aromatic heterocycles. The van der Waals surface area contributed by atoms with Crippen molar-refractivity contribution >= 4 is 17.5 Å². The number of hydrogen-bond acceptors (Lipinski definition) is 8. The first-order valence-corrected chi connectivity index (χ1v) is 11.9. The summed E-state index contributed by atoms with van der Waals surface area (Å²) in [6.07, 6.45) is 2.71. The standard InChI is InChI=1S/C27H32N2O7/c1-5-10-35-17-9-7-8-14-12-15-13-16-21(29(3)4)23(36-11-6-2)20(26(28)33)25(32)27(16,34)24(31)19(15)22(30)18(14)17/h5-9,15-16,20-21,23,31,34H,1-2,10-13H2,3-4H3,(H2,28,33)/t15-,16-,20?,21-,23?,27-/m0/s1. The molecule has 36 heavy (non-hydrogen) atoms. The smallest absolute Gasteiger partial charge is 0.230 e. The number of nitrogens with two attached hydrogens (primary N) is 1. The topological polar surface area (TPSA) is 139 Å². The third-order valence-electron chi connectivity index (χ3n) is 7.55. The van der Waals surface area contributed by atoms with Gasteiger partial charge in [0, 0.05) is 17.5 Å². The maximum absolute atomic E-state index is 13.7. The molecule has 9 nitrogen and oxygen atoms in total. The van der Waals surface area contributed by atoms with Crippen molar-refractivity contribution < 1.29 is 34.1 Å². The molecule has 0 saturated heterocycles. The molecule has 1 amide bonds. The van der Waals surface area contributed by atoms with E-state index >= 15 is 0 Å². The predicted octanol–water partition coefficient (Wildman–Crippen LogP) is 1.36. The quantitative estimate of drug-likeness (QED) is 0.362. The van der Waals surface area contributed by atoms with Gasteiger partial charge >= 0.3 is 0 Å². The Morgan fingerprint density at radius 1 is 1.25 bits per heavy atom. The molecule has 0 radical (unpaired) electrons. The summed E-state index contributed by atoms with van der Waals surface area (Å²) in [6, 6.07) is 4.61. The number of hydrogen-bond donors (Lipinski definition) is 3. The zero-order valence-electron chi connectivity index (χ0n) is 20.5. The van der Waals surface area contributed by atoms with Crippen molar-refractivity contribution in [3.05, 3.63) is 66.0 Å². The Labute approximate surface area is 209 Å². The first kappa shape index (κ1) is 25.8. The van der Waals surface area contributed by atoms with Crippen LogP contribution in [0.4, 0.5) is 0 Å². The van der Waals surface area contributed by atoms with Crippen LogP contribution in [-0.4, -0.2) is 77.6 Å². The number of allylic oxidation sites excluding steroid dienone is 1. The minimum absolute atomic E-state index is 0.0320. The van der Waals surface area contributed by atoms with Gasteiger partial charge in [0.15, 0.2) is 17.2 Å². The molecule has 4 N–H and O–H groups in total. The highest BCUT2D eigenvalue weighted by molar-refractivity contribution is 6.15. The van der Waals surface area contributed by atoms with Crippen LogP contribution in [0.25, 0.3) is 0 Å². The molecule has 0 bridgehead atoms. The third kappa shape index (κ3) is 3.78. The molecule has 0 aliphatic heterocycles. The molecule has 1 aromatic carbocycles. The summed E-state index contributed by atoms with van der Waals surface area (Å²) in [5, 5.41) is 23.3. The number of aliphatic hydroxyl groups excluding tert-OH is 1. The Morgan fingerprint density at radius 2 is 1.94 bits per heavy atom. The Morgan fingerprint density at radius 3 is 2.56 bits per heavy atom. The van der Waals surface area contributed by atoms with Crippen LogP contribution in [0.2, 0.25) is 0 Å². The van der Waals surface area contributed by atoms with E-state index in [0.717, 1.165) is 5.56 Å². The molecule has 0 spiro atoms. The number of amides is 1. The van der Waals surface area contributed by atoms with E-state index < -0.39 is 58.7 Å². The minimum Gasteiger partial charge on any atom is -0.508 e. The molecule has 4 rings (SSSR count). The molecule has 3 aliphatic rings. The summed E-state index contributed by atoms with van der Waals surface area (Å²) in [4.78, 5) is 41.6. The number of carbonyl (C=O) groups excluding carboxylic acids is 3. The lowest BCUT2D eigenvalue weighted by molar-refractivity contribution is -0.183. The number of ether oxygens (including phenoxy) is 2. The second kappa shape index (κ2) is 9.65. The van der Waals surface area contributed by atoms with Gasteiger partial charge in [0.05, 0.1) is 18.3 Å². The van der Waals surface area contributed by atoms with Crippen LogP contribution in [0.15, 0.2) is 54.8 Å². The number of ketones is 2. The first-order valence-electron chi connectivity index (χ1n) is 11.9. The molecule has 6 atom stereocenters. The predicted molar refractivity (Wildman–Crippen MR) is 131 cm³/mol. The summed E-state index contributed by atoms with van der Waals surface area (Å²) in [5.74, 6) is -5.68. The second-order valence-electron chi connectivity index (χ2n) is 9.78. The van der Waals surface area contributed by atoms with Crippen LogP contribution < -0.4 is 10.5 Å². The maximum Gasteiger partial charge on any atom is 0.230 e. The average molecular weight is 497 g/mol. The number of Topliss-reactive ketones (excluding diaryl/α,β-unsaturated/α-hetero) is 2. The highest BCUT2D eigenvalue weighted by Gasteiger charge is 2.66. The van der Waals surface area contributed by atoms with Gasteiger partial charge in [-0.2, -0.15) is 0 Å². The van der Waals surface area contributed by atoms with Crippen molar-refractivity contribution in [2.24, 2.45) is 23.5 Å². The van der Waals surface area contributed by atoms with Crippen LogP contribution in [0.5, 0.6) is 5.75 Å². The van der Waals surface area contributed by atoms with Crippen molar-refractivity contribution in [1.29, 1.82) is 0 Å². The van der Waals surface area contributed by atoms with Gasteiger partial charge in [-0.3, -0.25) is 14.4 Å². The Bertz CT molecular complexity index is 1160. The maximum atomic E-state index is 13.7. The van der Waals surface area contributed by atoms with Crippen LogP contribution in [0.1, 0.15) is 22.3 Å². The van der Waals surface area contributed by atoms with E-state index in [1.165, 1.54) is 6.08 Å². The zero-order valence-corrected chi connectivity index (χ0v) is 20.5. The Hall–Kier alpha value is -3.27. The van der Waals surface area contributed by atoms with E-state index in [0.29, 0.717) is 12.2 Å². The number of benzene rings is 1. The van der Waals surface area contributed by atoms with Gasteiger partial charge in [0.1, 0.15) is 24.0 Å². The van der Waals surface area contributed by atoms with E-state index in [1.54, 1.807) is 37.2 Å². The van der Waals surface area contributed by atoms with Gasteiger partial charge in [-0.15, -0.1) is 6.58 Å². The average Bonchev–Trinajstić information content (AvgIpc) is 2.82. The molecule has 0 heterocycles. The summed E-state index contributed by atoms with van der Waals surface area (Å²) >= 11 is 0. The van der Waals surface area contributed by atoms with Crippen molar-refractivity contribution in [2.45, 2.75) is 30.6 Å². The van der Waals surface area contributed by atoms with Gasteiger partial charge in [-0.05, 0) is 44.5 Å². The second-order valence-corrected chi connectivity index (χ2v) is 9.78. The van der Waals surface area contributed by atoms with Crippen LogP contribution in [0, 0.1) is 17.8 Å². The number of primary amides is 1. The third-order valence-corrected chi connectivity index (χ3v) is 7.55. The lowest BCUT2D eigenvalue weighted by atomic mass is 9.56. The normalized spacial score (nSPS) is 31.4. The summed E-state index contributed by atoms with van der Waals surface area (Å²) < 4.78 is 11.5. The summed E-state index contributed by atoms with van der Waals surface area (Å²) in [6.45, 7) is 7.50. The number of likely N-dealkylation sites (N-methyl/N-ethyl adjacent to an activating group) is 1. The van der Waals surface area contributed by atoms with E-state index in [4.69, 9.17) is 15.2 Å². The van der Waals surface area contributed by atoms with E-state index in [1.807, 2.05) is 6.07 Å². The molecule has 1 aromatic rings. The fourth-order valence-corrected chi connectivity index (χ4v) is 6.14. The molecule has 1 saturated carbocycles. The number of rotatable bonds is 8. The van der Waals surface area contributed by atoms with Crippen LogP contribution in [-0.2, 0) is 20.7 Å². The highest BCUT2D eigenvalue weighted by atomic mass is 16.5. The molecule has 2 unspecified atom stereocenters. The number of aliphatic hydroxyl groups is 2. The lowest BCUT2D eigenvalue weighted by Gasteiger charge is -2.54. The Kier molecular flexibility index (Phi) is 6.92. The molecule has 192 valence electrons. The summed E-state index contributed by atoms with van der Waals surface area (Å²) in [5.41, 5.74) is 4.15. The van der Waals surface area contributed by atoms with Gasteiger partial charge in [0.25, 0.3) is 0 Å². The first-order chi connectivity index (χ1) is 17.1. The Balaban J connectivity index is 1.88. The van der Waals surface area contributed by atoms with Crippen molar-refractivity contribution in [2.75, 3.05) is 27.3 Å². The fraction of sp³-hybridized carbons (Fsp3) is 0.444. The van der Waals surface area contributed by atoms with Gasteiger partial charge in [-0.1, -0.05) is 30.9 Å². The molecule has 1 fully saturated rings. The van der Waals surface area contributed by atoms with Crippen molar-refractivity contribution in [1.82, 2.24) is 4.90 Å². The lowest BCUT2D eigenvalue weighted by Crippen LogP contribution is -2.71. The monoisotopic (exact) mass is 496 g/mol. The molecule has 3 aliphatic carbocycles. The molecule has 9 heteroatoms. The SMILES string of the molecule is C=CCOc1cccc2c1C(=O)C1=C(O)[C@]3(O)C(=O)C(C(N)=O)C(OCC=C)[C@@H](N(C)C)[C@@H]3C[C@@H]1C2. The fourth-order valence-electron chi connectivity index (χ4n) is 6.14. The van der Waals surface area contributed by atoms with Gasteiger partial charge < -0.3 is 30.3 Å². The van der Waals surface area contributed by atoms with Crippen LogP contribution >= 0.6 is 0 Å². The van der Waals surface area contributed by atoms with Crippen molar-refractivity contribution in [3.8, 4) is 5.75 Å². The molecular weight excluding hydrogens is 464 g/mol. The zero-order chi connectivity index (χ0) is 26.4. The number of fused-ring (bicyclic) bond motifs is 3. The van der Waals surface area contributed by atoms with Gasteiger partial charge in [0.2, 0.25) is 5.91 Å². The minimum atomic E-state index is -2.47. The largest absolute Gasteiger partial charge is 0.508 e. The molecular formula is C27H32N2O7. The van der Waals surface area contributed by atoms with Crippen molar-refractivity contribution in [3.63, 3.8) is 0 Å². The van der Waals surface area contributed by atoms with E-state index in [9.17, 15) is 24.6 Å². The number of nitrogens with zero attached hydrogens (tertiary/aromatic N) is 1. The number of carbonyl (C=O) groups is 3. The van der Waals surface area contributed by atoms with Crippen LogP contribution in [0.3, 0.4) is 0 Å². The highest BCUT2D eigenvalue weighted by Crippen LogP contribution is 2.52.